The van der Waals surface area contributed by atoms with Crippen molar-refractivity contribution in [3.8, 4) is 5.75 Å². The van der Waals surface area contributed by atoms with Crippen molar-refractivity contribution < 1.29 is 28.3 Å². The summed E-state index contributed by atoms with van der Waals surface area (Å²) in [4.78, 5) is 39.4. The molecule has 0 saturated carbocycles. The molecule has 0 fully saturated rings. The Bertz CT molecular complexity index is 947. The molecule has 0 saturated heterocycles. The number of carbonyl (C=O) groups excluding carboxylic acids is 3. The van der Waals surface area contributed by atoms with Gasteiger partial charge in [-0.05, 0) is 36.4 Å². The lowest BCUT2D eigenvalue weighted by Crippen LogP contribution is -2.13. The Morgan fingerprint density at radius 3 is 2.63 bits per heavy atom. The standard InChI is InChI=1S/C18H14N2O6S/c1-24-17(23)11-4-6-13(7-5-11)26-15(21)9-12-10-27-18(19-12)20-16(22)14-3-2-8-25-14/h2-8,10H,9H2,1H3,(H,19,20,22). The van der Waals surface area contributed by atoms with Gasteiger partial charge in [-0.1, -0.05) is 0 Å². The molecule has 1 aromatic carbocycles. The maximum atomic E-state index is 12.0. The van der Waals surface area contributed by atoms with Crippen molar-refractivity contribution in [2.24, 2.45) is 0 Å². The fourth-order valence-electron chi connectivity index (χ4n) is 2.10. The average Bonchev–Trinajstić information content (AvgIpc) is 3.34. The van der Waals surface area contributed by atoms with Gasteiger partial charge in [-0.3, -0.25) is 14.9 Å². The molecule has 0 aliphatic heterocycles. The van der Waals surface area contributed by atoms with E-state index in [2.05, 4.69) is 15.0 Å². The molecule has 27 heavy (non-hydrogen) atoms. The van der Waals surface area contributed by atoms with E-state index in [0.717, 1.165) is 0 Å². The van der Waals surface area contributed by atoms with Crippen molar-refractivity contribution in [2.75, 3.05) is 12.4 Å². The van der Waals surface area contributed by atoms with Crippen LogP contribution in [0, 0.1) is 0 Å². The molecule has 0 aliphatic carbocycles. The van der Waals surface area contributed by atoms with Crippen LogP contribution in [0.5, 0.6) is 5.75 Å². The van der Waals surface area contributed by atoms with Crippen LogP contribution >= 0.6 is 11.3 Å². The number of hydrogen-bond acceptors (Lipinski definition) is 8. The molecule has 3 rings (SSSR count). The maximum absolute atomic E-state index is 12.0. The minimum atomic E-state index is -0.518. The first-order chi connectivity index (χ1) is 13.0. The van der Waals surface area contributed by atoms with E-state index in [1.54, 1.807) is 11.4 Å². The third kappa shape index (κ3) is 4.79. The highest BCUT2D eigenvalue weighted by molar-refractivity contribution is 7.14. The van der Waals surface area contributed by atoms with Crippen LogP contribution in [-0.2, 0) is 16.0 Å². The molecular weight excluding hydrogens is 372 g/mol. The molecule has 8 nitrogen and oxygen atoms in total. The van der Waals surface area contributed by atoms with E-state index in [1.165, 1.54) is 55.0 Å². The third-order valence-electron chi connectivity index (χ3n) is 3.35. The summed E-state index contributed by atoms with van der Waals surface area (Å²) in [5.41, 5.74) is 0.819. The van der Waals surface area contributed by atoms with Gasteiger partial charge >= 0.3 is 11.9 Å². The summed E-state index contributed by atoms with van der Waals surface area (Å²) in [6, 6.07) is 9.14. The van der Waals surface area contributed by atoms with Crippen molar-refractivity contribution in [1.82, 2.24) is 4.98 Å². The topological polar surface area (TPSA) is 108 Å². The molecule has 0 radical (unpaired) electrons. The number of hydrogen-bond donors (Lipinski definition) is 1. The summed E-state index contributed by atoms with van der Waals surface area (Å²) in [6.45, 7) is 0. The van der Waals surface area contributed by atoms with Gasteiger partial charge in [0.05, 0.1) is 31.1 Å². The molecule has 0 atom stereocenters. The first-order valence-electron chi connectivity index (χ1n) is 7.73. The van der Waals surface area contributed by atoms with Gasteiger partial charge in [0.25, 0.3) is 5.91 Å². The molecule has 138 valence electrons. The lowest BCUT2D eigenvalue weighted by molar-refractivity contribution is -0.133. The largest absolute Gasteiger partial charge is 0.465 e. The van der Waals surface area contributed by atoms with E-state index < -0.39 is 17.8 Å². The Kier molecular flexibility index (Phi) is 5.62. The smallest absolute Gasteiger partial charge is 0.337 e. The Labute approximate surface area is 157 Å². The minimum absolute atomic E-state index is 0.0636. The molecule has 9 heteroatoms. The molecule has 2 aromatic heterocycles. The summed E-state index contributed by atoms with van der Waals surface area (Å²) in [6.07, 6.45) is 1.34. The zero-order valence-electron chi connectivity index (χ0n) is 14.1. The number of aromatic nitrogens is 1. The van der Waals surface area contributed by atoms with Crippen LogP contribution in [0.2, 0.25) is 0 Å². The van der Waals surface area contributed by atoms with Crippen molar-refractivity contribution in [1.29, 1.82) is 0 Å². The molecule has 3 aromatic rings. The molecule has 0 aliphatic rings. The number of carbonyl (C=O) groups is 3. The summed E-state index contributed by atoms with van der Waals surface area (Å²) in [5.74, 6) is -0.945. The summed E-state index contributed by atoms with van der Waals surface area (Å²) >= 11 is 1.19. The number of furan rings is 1. The van der Waals surface area contributed by atoms with Gasteiger partial charge in [-0.25, -0.2) is 9.78 Å². The number of thiazole rings is 1. The Morgan fingerprint density at radius 2 is 1.96 bits per heavy atom. The molecule has 0 unspecified atom stereocenters. The first-order valence-corrected chi connectivity index (χ1v) is 8.61. The van der Waals surface area contributed by atoms with Gasteiger partial charge in [0.2, 0.25) is 0 Å². The van der Waals surface area contributed by atoms with Gasteiger partial charge in [-0.2, -0.15) is 0 Å². The molecule has 0 bridgehead atoms. The fraction of sp³-hybridized carbons (Fsp3) is 0.111. The van der Waals surface area contributed by atoms with Crippen LogP contribution in [0.3, 0.4) is 0 Å². The van der Waals surface area contributed by atoms with Crippen LogP contribution in [0.4, 0.5) is 5.13 Å². The zero-order chi connectivity index (χ0) is 19.2. The monoisotopic (exact) mass is 386 g/mol. The van der Waals surface area contributed by atoms with Crippen LogP contribution < -0.4 is 10.1 Å². The lowest BCUT2D eigenvalue weighted by Gasteiger charge is -2.04. The van der Waals surface area contributed by atoms with Crippen molar-refractivity contribution in [3.63, 3.8) is 0 Å². The van der Waals surface area contributed by atoms with Gasteiger partial charge in [-0.15, -0.1) is 11.3 Å². The van der Waals surface area contributed by atoms with Crippen LogP contribution in [-0.4, -0.2) is 29.9 Å². The van der Waals surface area contributed by atoms with Crippen LogP contribution in [0.25, 0.3) is 0 Å². The SMILES string of the molecule is COC(=O)c1ccc(OC(=O)Cc2csc(NC(=O)c3ccco3)n2)cc1. The van der Waals surface area contributed by atoms with E-state index >= 15 is 0 Å². The van der Waals surface area contributed by atoms with Crippen LogP contribution in [0.15, 0.2) is 52.5 Å². The summed E-state index contributed by atoms with van der Waals surface area (Å²) < 4.78 is 14.8. The second-order valence-corrected chi connectivity index (χ2v) is 6.10. The van der Waals surface area contributed by atoms with E-state index in [1.807, 2.05) is 0 Å². The Balaban J connectivity index is 1.54. The number of nitrogens with zero attached hydrogens (tertiary/aromatic N) is 1. The summed E-state index contributed by atoms with van der Waals surface area (Å²) in [7, 11) is 1.29. The number of ether oxygens (including phenoxy) is 2. The van der Waals surface area contributed by atoms with E-state index in [4.69, 9.17) is 9.15 Å². The van der Waals surface area contributed by atoms with E-state index in [-0.39, 0.29) is 12.2 Å². The quantitative estimate of drug-likeness (QED) is 0.512. The van der Waals surface area contributed by atoms with Crippen LogP contribution in [0.1, 0.15) is 26.6 Å². The average molecular weight is 386 g/mol. The number of nitrogens with one attached hydrogen (secondary N) is 1. The normalized spacial score (nSPS) is 10.3. The number of methoxy groups -OCH3 is 1. The highest BCUT2D eigenvalue weighted by Gasteiger charge is 2.14. The first kappa shape index (κ1) is 18.3. The van der Waals surface area contributed by atoms with Gasteiger partial charge in [0, 0.05) is 5.38 Å². The number of esters is 2. The Hall–Kier alpha value is -3.46. The second-order valence-electron chi connectivity index (χ2n) is 5.24. The van der Waals surface area contributed by atoms with E-state index in [0.29, 0.717) is 22.1 Å². The number of anilines is 1. The number of amides is 1. The molecular formula is C18H14N2O6S. The third-order valence-corrected chi connectivity index (χ3v) is 4.16. The Morgan fingerprint density at radius 1 is 1.19 bits per heavy atom. The maximum Gasteiger partial charge on any atom is 0.337 e. The predicted molar refractivity (Wildman–Crippen MR) is 95.9 cm³/mol. The summed E-state index contributed by atoms with van der Waals surface area (Å²) in [5, 5.41) is 4.59. The van der Waals surface area contributed by atoms with Gasteiger partial charge < -0.3 is 13.9 Å². The van der Waals surface area contributed by atoms with Gasteiger partial charge in [0.1, 0.15) is 5.75 Å². The highest BCUT2D eigenvalue weighted by Crippen LogP contribution is 2.18. The molecule has 1 amide bonds. The lowest BCUT2D eigenvalue weighted by atomic mass is 10.2. The number of benzene rings is 1. The minimum Gasteiger partial charge on any atom is -0.465 e. The molecule has 2 heterocycles. The molecule has 1 N–H and O–H groups in total. The molecule has 0 spiro atoms. The highest BCUT2D eigenvalue weighted by atomic mass is 32.1. The number of rotatable bonds is 6. The fourth-order valence-corrected chi connectivity index (χ4v) is 2.81. The zero-order valence-corrected chi connectivity index (χ0v) is 14.9. The van der Waals surface area contributed by atoms with Crippen molar-refractivity contribution in [3.05, 3.63) is 65.1 Å². The van der Waals surface area contributed by atoms with E-state index in [9.17, 15) is 14.4 Å². The predicted octanol–water partition coefficient (Wildman–Crippen LogP) is 2.92. The van der Waals surface area contributed by atoms with Crippen molar-refractivity contribution in [2.45, 2.75) is 6.42 Å². The van der Waals surface area contributed by atoms with Gasteiger partial charge in [0.15, 0.2) is 10.9 Å². The second kappa shape index (κ2) is 8.28. The van der Waals surface area contributed by atoms with Crippen molar-refractivity contribution >= 4 is 34.3 Å².